The van der Waals surface area contributed by atoms with E-state index >= 15 is 0 Å². The number of rotatable bonds is 7. The van der Waals surface area contributed by atoms with Crippen LogP contribution in [0.3, 0.4) is 0 Å². The van der Waals surface area contributed by atoms with Crippen LogP contribution in [0.25, 0.3) is 60.9 Å². The fourth-order valence-electron chi connectivity index (χ4n) is 12.1. The quantitative estimate of drug-likeness (QED) is 0.159. The zero-order chi connectivity index (χ0) is 46.5. The zero-order valence-electron chi connectivity index (χ0n) is 38.9. The van der Waals surface area contributed by atoms with Crippen molar-refractivity contribution in [3.05, 3.63) is 282 Å². The topological polar surface area (TPSA) is 16.4 Å². The fraction of sp³-hybridized carbons (Fsp3) is 0.0909. The van der Waals surface area contributed by atoms with Crippen LogP contribution in [0.5, 0.6) is 0 Å². The van der Waals surface area contributed by atoms with Gasteiger partial charge in [-0.2, -0.15) is 0 Å². The third kappa shape index (κ3) is 5.70. The Bertz CT molecular complexity index is 3700. The largest absolute Gasteiger partial charge is 0.455 e. The number of para-hydroxylation sites is 2. The molecule has 2 heteroatoms. The van der Waals surface area contributed by atoms with Gasteiger partial charge >= 0.3 is 0 Å². The highest BCUT2D eigenvalue weighted by atomic mass is 16.3. The molecule has 1 aromatic heterocycles. The molecular weight excluding hydrogens is 823 g/mol. The van der Waals surface area contributed by atoms with Crippen LogP contribution in [-0.4, -0.2) is 0 Å². The molecule has 2 nitrogen and oxygen atoms in total. The molecule has 3 aliphatic carbocycles. The summed E-state index contributed by atoms with van der Waals surface area (Å²) < 4.78 is 6.51. The molecular formula is C66H51NO. The smallest absolute Gasteiger partial charge is 0.143 e. The summed E-state index contributed by atoms with van der Waals surface area (Å²) in [5, 5.41) is 2.24. The number of allylic oxidation sites excluding steroid dienone is 13. The van der Waals surface area contributed by atoms with Crippen LogP contribution in [0.4, 0.5) is 11.4 Å². The van der Waals surface area contributed by atoms with Crippen LogP contribution in [0.1, 0.15) is 65.3 Å². The molecule has 0 amide bonds. The Labute approximate surface area is 399 Å². The SMILES string of the molecule is C=CC1=C(/C=C\C)C(C)(C)c2cc(C3=C/Cc4cc5c(cc4N(c4ccc(-c6cccc7c6oc6ccccc67)cc4)C(=C)/C=C\3)C3(C(C=C)=C(C=C)c4ccccc43)c3ccccc3-5)ccc21. The van der Waals surface area contributed by atoms with Crippen LogP contribution in [0, 0.1) is 0 Å². The minimum Gasteiger partial charge on any atom is -0.455 e. The molecule has 1 spiro atoms. The maximum Gasteiger partial charge on any atom is 0.143 e. The highest BCUT2D eigenvalue weighted by Crippen LogP contribution is 2.63. The second kappa shape index (κ2) is 15.4. The van der Waals surface area contributed by atoms with E-state index < -0.39 is 5.41 Å². The van der Waals surface area contributed by atoms with Gasteiger partial charge in [-0.1, -0.05) is 192 Å². The van der Waals surface area contributed by atoms with E-state index in [9.17, 15) is 0 Å². The lowest BCUT2D eigenvalue weighted by atomic mass is 9.69. The first-order valence-electron chi connectivity index (χ1n) is 23.6. The van der Waals surface area contributed by atoms with E-state index in [0.29, 0.717) is 6.42 Å². The molecule has 0 saturated heterocycles. The Balaban J connectivity index is 1.06. The maximum atomic E-state index is 6.51. The number of fused-ring (bicyclic) bond motifs is 12. The molecule has 2 heterocycles. The fourth-order valence-corrected chi connectivity index (χ4v) is 12.1. The second-order valence-electron chi connectivity index (χ2n) is 18.9. The molecule has 8 aromatic rings. The lowest BCUT2D eigenvalue weighted by molar-refractivity contribution is 0.654. The van der Waals surface area contributed by atoms with Crippen molar-refractivity contribution in [1.82, 2.24) is 0 Å². The molecule has 0 bridgehead atoms. The number of nitrogens with zero attached hydrogens (tertiary/aromatic N) is 1. The first kappa shape index (κ1) is 41.2. The van der Waals surface area contributed by atoms with Crippen LogP contribution < -0.4 is 4.90 Å². The first-order valence-corrected chi connectivity index (χ1v) is 23.6. The molecule has 1 aliphatic heterocycles. The summed E-state index contributed by atoms with van der Waals surface area (Å²) >= 11 is 0. The second-order valence-corrected chi connectivity index (χ2v) is 18.9. The monoisotopic (exact) mass is 873 g/mol. The Morgan fingerprint density at radius 2 is 1.24 bits per heavy atom. The summed E-state index contributed by atoms with van der Waals surface area (Å²) in [5.41, 5.74) is 24.5. The van der Waals surface area contributed by atoms with Crippen molar-refractivity contribution in [3.8, 4) is 22.3 Å². The molecule has 68 heavy (non-hydrogen) atoms. The lowest BCUT2D eigenvalue weighted by Gasteiger charge is -2.34. The van der Waals surface area contributed by atoms with Gasteiger partial charge < -0.3 is 9.32 Å². The number of anilines is 2. The van der Waals surface area contributed by atoms with Crippen molar-refractivity contribution in [3.63, 3.8) is 0 Å². The molecule has 0 saturated carbocycles. The van der Waals surface area contributed by atoms with Gasteiger partial charge in [0.1, 0.15) is 11.2 Å². The van der Waals surface area contributed by atoms with Gasteiger partial charge in [-0.3, -0.25) is 0 Å². The molecule has 7 aromatic carbocycles. The number of hydrogen-bond donors (Lipinski definition) is 0. The van der Waals surface area contributed by atoms with Crippen molar-refractivity contribution in [2.45, 2.75) is 38.0 Å². The van der Waals surface area contributed by atoms with Gasteiger partial charge in [-0.15, -0.1) is 0 Å². The Morgan fingerprint density at radius 1 is 0.574 bits per heavy atom. The molecule has 0 N–H and O–H groups in total. The van der Waals surface area contributed by atoms with Crippen LogP contribution in [0.2, 0.25) is 0 Å². The third-order valence-corrected chi connectivity index (χ3v) is 15.2. The third-order valence-electron chi connectivity index (χ3n) is 15.2. The molecule has 4 aliphatic rings. The minimum atomic E-state index is -0.582. The summed E-state index contributed by atoms with van der Waals surface area (Å²) in [6, 6.07) is 53.2. The molecule has 0 fully saturated rings. The predicted molar refractivity (Wildman–Crippen MR) is 288 cm³/mol. The Kier molecular flexibility index (Phi) is 9.36. The summed E-state index contributed by atoms with van der Waals surface area (Å²) in [6.45, 7) is 24.7. The number of hydrogen-bond acceptors (Lipinski definition) is 2. The van der Waals surface area contributed by atoms with Crippen molar-refractivity contribution >= 4 is 50.0 Å². The van der Waals surface area contributed by atoms with Crippen LogP contribution >= 0.6 is 0 Å². The molecule has 0 radical (unpaired) electrons. The maximum absolute atomic E-state index is 6.51. The van der Waals surface area contributed by atoms with Gasteiger partial charge in [0.05, 0.1) is 5.41 Å². The summed E-state index contributed by atoms with van der Waals surface area (Å²) in [6.07, 6.45) is 18.0. The minimum absolute atomic E-state index is 0.174. The van der Waals surface area contributed by atoms with E-state index in [1.165, 1.54) is 66.8 Å². The molecule has 12 rings (SSSR count). The van der Waals surface area contributed by atoms with Crippen LogP contribution in [0.15, 0.2) is 242 Å². The number of benzene rings is 7. The van der Waals surface area contributed by atoms with E-state index in [1.54, 1.807) is 0 Å². The van der Waals surface area contributed by atoms with Gasteiger partial charge in [0.2, 0.25) is 0 Å². The highest BCUT2D eigenvalue weighted by molar-refractivity contribution is 6.09. The molecule has 1 atom stereocenters. The van der Waals surface area contributed by atoms with Gasteiger partial charge in [-0.05, 0) is 145 Å². The average Bonchev–Trinajstić information content (AvgIpc) is 4.06. The standard InChI is InChI=1S/C66H51NO/c1-8-19-57-48(10-3)52-37-34-44(39-60(52)65(57,6)7)42-29-28-41(5)67(46-35-32-43(33-36-46)49-23-18-24-54-53-22-14-17-27-63(53)68-64(49)54)62-40-61-55(38-45(62)31-30-42)51-21-13-16-26-59(51)66(61)56(11-4)47(9-2)50-20-12-15-25-58(50)66/h8-30,32-40H,2-5,31H2,1,6-7H3/b19-8-,29-28-,42-30+. The Morgan fingerprint density at radius 3 is 2.00 bits per heavy atom. The van der Waals surface area contributed by atoms with Crippen molar-refractivity contribution < 1.29 is 4.42 Å². The number of furan rings is 1. The van der Waals surface area contributed by atoms with E-state index in [0.717, 1.165) is 66.9 Å². The van der Waals surface area contributed by atoms with E-state index in [-0.39, 0.29) is 5.41 Å². The van der Waals surface area contributed by atoms with Gasteiger partial charge in [0.25, 0.3) is 0 Å². The van der Waals surface area contributed by atoms with E-state index in [4.69, 9.17) is 11.0 Å². The highest BCUT2D eigenvalue weighted by Gasteiger charge is 2.52. The van der Waals surface area contributed by atoms with Crippen LogP contribution in [-0.2, 0) is 17.3 Å². The zero-order valence-corrected chi connectivity index (χ0v) is 38.9. The van der Waals surface area contributed by atoms with Crippen molar-refractivity contribution in [2.75, 3.05) is 4.90 Å². The van der Waals surface area contributed by atoms with Crippen molar-refractivity contribution in [2.24, 2.45) is 0 Å². The van der Waals surface area contributed by atoms with Gasteiger partial charge in [0.15, 0.2) is 0 Å². The summed E-state index contributed by atoms with van der Waals surface area (Å²) in [5.74, 6) is 0. The predicted octanol–water partition coefficient (Wildman–Crippen LogP) is 17.4. The average molecular weight is 874 g/mol. The molecule has 326 valence electrons. The van der Waals surface area contributed by atoms with Gasteiger partial charge in [0, 0.05) is 38.8 Å². The van der Waals surface area contributed by atoms with Gasteiger partial charge in [-0.25, -0.2) is 0 Å². The van der Waals surface area contributed by atoms with Crippen molar-refractivity contribution in [1.29, 1.82) is 0 Å². The van der Waals surface area contributed by atoms with E-state index in [2.05, 4.69) is 215 Å². The summed E-state index contributed by atoms with van der Waals surface area (Å²) in [4.78, 5) is 2.35. The molecule has 1 unspecified atom stereocenters. The normalized spacial score (nSPS) is 19.0. The van der Waals surface area contributed by atoms with E-state index in [1.807, 2.05) is 24.3 Å². The Hall–Kier alpha value is -8.20. The first-order chi connectivity index (χ1) is 33.2. The summed E-state index contributed by atoms with van der Waals surface area (Å²) in [7, 11) is 0. The lowest BCUT2D eigenvalue weighted by Crippen LogP contribution is -2.27.